The molecule has 3 aromatic rings. The van der Waals surface area contributed by atoms with Crippen molar-refractivity contribution in [3.05, 3.63) is 52.4 Å². The number of hydrogen-bond acceptors (Lipinski definition) is 5. The van der Waals surface area contributed by atoms with Crippen molar-refractivity contribution in [2.45, 2.75) is 13.0 Å². The Labute approximate surface area is 153 Å². The van der Waals surface area contributed by atoms with Gasteiger partial charge in [-0.1, -0.05) is 0 Å². The van der Waals surface area contributed by atoms with E-state index in [4.69, 9.17) is 9.47 Å². The second-order valence-electron chi connectivity index (χ2n) is 5.35. The highest BCUT2D eigenvalue weighted by molar-refractivity contribution is 9.10. The molecule has 1 aromatic carbocycles. The zero-order valence-electron chi connectivity index (χ0n) is 14.0. The lowest BCUT2D eigenvalue weighted by molar-refractivity contribution is 0.0933. The number of ether oxygens (including phenoxy) is 2. The van der Waals surface area contributed by atoms with Crippen LogP contribution in [0.4, 0.5) is 0 Å². The van der Waals surface area contributed by atoms with Gasteiger partial charge in [-0.15, -0.1) is 0 Å². The number of carbonyl (C=O) groups is 1. The molecule has 0 radical (unpaired) electrons. The van der Waals surface area contributed by atoms with E-state index in [1.165, 1.54) is 0 Å². The highest BCUT2D eigenvalue weighted by atomic mass is 79.9. The molecule has 8 heteroatoms. The van der Waals surface area contributed by atoms with Crippen LogP contribution >= 0.6 is 15.9 Å². The maximum Gasteiger partial charge on any atom is 0.273 e. The number of fused-ring (bicyclic) bond motifs is 1. The number of nitrogens with zero attached hydrogens (tertiary/aromatic N) is 3. The van der Waals surface area contributed by atoms with E-state index < -0.39 is 0 Å². The third-order valence-corrected chi connectivity index (χ3v) is 4.54. The lowest BCUT2D eigenvalue weighted by Crippen LogP contribution is -2.27. The van der Waals surface area contributed by atoms with E-state index in [2.05, 4.69) is 31.3 Å². The number of rotatable bonds is 5. The van der Waals surface area contributed by atoms with E-state index in [-0.39, 0.29) is 17.6 Å². The first kappa shape index (κ1) is 17.2. The highest BCUT2D eigenvalue weighted by Crippen LogP contribution is 2.30. The molecule has 0 spiro atoms. The Balaban J connectivity index is 1.88. The summed E-state index contributed by atoms with van der Waals surface area (Å²) < 4.78 is 12.7. The second kappa shape index (κ2) is 7.10. The number of methoxy groups -OCH3 is 2. The van der Waals surface area contributed by atoms with Gasteiger partial charge in [0.25, 0.3) is 5.91 Å². The smallest absolute Gasteiger partial charge is 0.273 e. The molecular formula is C17H17BrN4O3. The Bertz CT molecular complexity index is 925. The lowest BCUT2D eigenvalue weighted by atomic mass is 10.1. The topological polar surface area (TPSA) is 77.8 Å². The molecule has 7 nitrogen and oxygen atoms in total. The number of benzene rings is 1. The van der Waals surface area contributed by atoms with Crippen LogP contribution in [0.1, 0.15) is 29.0 Å². The largest absolute Gasteiger partial charge is 0.497 e. The fraction of sp³-hybridized carbons (Fsp3) is 0.235. The van der Waals surface area contributed by atoms with E-state index >= 15 is 0 Å². The van der Waals surface area contributed by atoms with Gasteiger partial charge in [0, 0.05) is 18.0 Å². The van der Waals surface area contributed by atoms with Crippen LogP contribution in [-0.4, -0.2) is 34.7 Å². The van der Waals surface area contributed by atoms with Crippen molar-refractivity contribution in [2.75, 3.05) is 14.2 Å². The number of halogens is 1. The summed E-state index contributed by atoms with van der Waals surface area (Å²) in [5, 5.41) is 7.21. The van der Waals surface area contributed by atoms with Crippen molar-refractivity contribution >= 4 is 27.5 Å². The summed E-state index contributed by atoms with van der Waals surface area (Å²) in [6.07, 6.45) is 3.38. The number of carbonyl (C=O) groups excluding carboxylic acids is 1. The molecule has 1 amide bonds. The van der Waals surface area contributed by atoms with E-state index in [1.807, 2.05) is 19.1 Å². The molecule has 130 valence electrons. The molecule has 0 saturated carbocycles. The van der Waals surface area contributed by atoms with Crippen LogP contribution in [0.2, 0.25) is 0 Å². The summed E-state index contributed by atoms with van der Waals surface area (Å²) >= 11 is 3.40. The van der Waals surface area contributed by atoms with Gasteiger partial charge in [-0.25, -0.2) is 9.50 Å². The van der Waals surface area contributed by atoms with Gasteiger partial charge in [-0.3, -0.25) is 4.79 Å². The van der Waals surface area contributed by atoms with Crippen LogP contribution < -0.4 is 14.8 Å². The molecule has 1 atom stereocenters. The number of aromatic nitrogens is 3. The predicted molar refractivity (Wildman–Crippen MR) is 96.1 cm³/mol. The summed E-state index contributed by atoms with van der Waals surface area (Å²) in [5.41, 5.74) is 1.67. The Morgan fingerprint density at radius 1 is 1.32 bits per heavy atom. The summed E-state index contributed by atoms with van der Waals surface area (Å²) in [7, 11) is 3.18. The van der Waals surface area contributed by atoms with Crippen LogP contribution in [0.15, 0.2) is 41.1 Å². The fourth-order valence-corrected chi connectivity index (χ4v) is 3.07. The maximum absolute atomic E-state index is 12.7. The minimum atomic E-state index is -0.310. The SMILES string of the molecule is COc1ccc(OC)c(C(C)NC(=O)c2nn3cccnc3c2Br)c1. The van der Waals surface area contributed by atoms with Crippen molar-refractivity contribution < 1.29 is 14.3 Å². The van der Waals surface area contributed by atoms with Gasteiger partial charge in [0.15, 0.2) is 11.3 Å². The molecular weight excluding hydrogens is 388 g/mol. The van der Waals surface area contributed by atoms with Crippen LogP contribution in [0.5, 0.6) is 11.5 Å². The van der Waals surface area contributed by atoms with Crippen LogP contribution in [-0.2, 0) is 0 Å². The Hall–Kier alpha value is -2.61. The maximum atomic E-state index is 12.7. The average molecular weight is 405 g/mol. The Morgan fingerprint density at radius 2 is 2.12 bits per heavy atom. The first-order chi connectivity index (χ1) is 12.0. The zero-order chi connectivity index (χ0) is 18.0. The van der Waals surface area contributed by atoms with Gasteiger partial charge in [-0.2, -0.15) is 5.10 Å². The van der Waals surface area contributed by atoms with Crippen molar-refractivity contribution in [2.24, 2.45) is 0 Å². The molecule has 25 heavy (non-hydrogen) atoms. The average Bonchev–Trinajstić information content (AvgIpc) is 2.98. The first-order valence-corrected chi connectivity index (χ1v) is 8.36. The summed E-state index contributed by atoms with van der Waals surface area (Å²) in [4.78, 5) is 16.9. The lowest BCUT2D eigenvalue weighted by Gasteiger charge is -2.17. The van der Waals surface area contributed by atoms with Crippen molar-refractivity contribution in [1.29, 1.82) is 0 Å². The van der Waals surface area contributed by atoms with Crippen molar-refractivity contribution in [3.63, 3.8) is 0 Å². The molecule has 0 bridgehead atoms. The molecule has 0 fully saturated rings. The predicted octanol–water partition coefficient (Wildman–Crippen LogP) is 3.00. The minimum absolute atomic E-state index is 0.271. The fourth-order valence-electron chi connectivity index (χ4n) is 2.52. The first-order valence-electron chi connectivity index (χ1n) is 7.56. The van der Waals surface area contributed by atoms with Crippen molar-refractivity contribution in [3.8, 4) is 11.5 Å². The van der Waals surface area contributed by atoms with Gasteiger partial charge < -0.3 is 14.8 Å². The monoisotopic (exact) mass is 404 g/mol. The molecule has 3 rings (SSSR count). The quantitative estimate of drug-likeness (QED) is 0.706. The number of nitrogens with one attached hydrogen (secondary N) is 1. The summed E-state index contributed by atoms with van der Waals surface area (Å²) in [5.74, 6) is 1.05. The van der Waals surface area contributed by atoms with E-state index in [0.29, 0.717) is 21.6 Å². The van der Waals surface area contributed by atoms with E-state index in [0.717, 1.165) is 5.56 Å². The van der Waals surface area contributed by atoms with Crippen LogP contribution in [0.3, 0.4) is 0 Å². The molecule has 0 saturated heterocycles. The van der Waals surface area contributed by atoms with Gasteiger partial charge >= 0.3 is 0 Å². The molecule has 0 aliphatic rings. The normalized spacial score (nSPS) is 12.0. The van der Waals surface area contributed by atoms with Crippen molar-refractivity contribution in [1.82, 2.24) is 19.9 Å². The van der Waals surface area contributed by atoms with Crippen LogP contribution in [0.25, 0.3) is 5.65 Å². The molecule has 0 aliphatic carbocycles. The highest BCUT2D eigenvalue weighted by Gasteiger charge is 2.21. The zero-order valence-corrected chi connectivity index (χ0v) is 15.6. The van der Waals surface area contributed by atoms with E-state index in [9.17, 15) is 4.79 Å². The Morgan fingerprint density at radius 3 is 2.80 bits per heavy atom. The molecule has 2 heterocycles. The van der Waals surface area contributed by atoms with Gasteiger partial charge in [-0.05, 0) is 47.1 Å². The van der Waals surface area contributed by atoms with Gasteiger partial charge in [0.05, 0.1) is 24.7 Å². The standard InChI is InChI=1S/C17H17BrN4O3/c1-10(12-9-11(24-2)5-6-13(12)25-3)20-17(23)15-14(18)16-19-7-4-8-22(16)21-15/h4-10H,1-3H3,(H,20,23). The van der Waals surface area contributed by atoms with Gasteiger partial charge in [0.1, 0.15) is 11.5 Å². The number of amides is 1. The van der Waals surface area contributed by atoms with Gasteiger partial charge in [0.2, 0.25) is 0 Å². The summed E-state index contributed by atoms with van der Waals surface area (Å²) in [6, 6.07) is 6.90. The third-order valence-electron chi connectivity index (χ3n) is 3.81. The van der Waals surface area contributed by atoms with Crippen LogP contribution in [0, 0.1) is 0 Å². The molecule has 2 aromatic heterocycles. The second-order valence-corrected chi connectivity index (χ2v) is 6.15. The minimum Gasteiger partial charge on any atom is -0.497 e. The molecule has 0 aliphatic heterocycles. The number of hydrogen-bond donors (Lipinski definition) is 1. The molecule has 1 unspecified atom stereocenters. The third kappa shape index (κ3) is 3.30. The Kier molecular flexibility index (Phi) is 4.89. The molecule has 1 N–H and O–H groups in total. The summed E-state index contributed by atoms with van der Waals surface area (Å²) in [6.45, 7) is 1.87. The van der Waals surface area contributed by atoms with E-state index in [1.54, 1.807) is 43.3 Å².